The number of nitrogens with two attached hydrogens (primary N) is 1. The van der Waals surface area contributed by atoms with Crippen molar-refractivity contribution < 1.29 is 4.74 Å². The van der Waals surface area contributed by atoms with E-state index < -0.39 is 0 Å². The van der Waals surface area contributed by atoms with Crippen molar-refractivity contribution in [3.05, 3.63) is 29.3 Å². The maximum Gasteiger partial charge on any atom is 0.191 e. The fraction of sp³-hybridized carbons (Fsp3) is 0.562. The molecule has 7 heteroatoms. The predicted octanol–water partition coefficient (Wildman–Crippen LogP) is 2.57. The summed E-state index contributed by atoms with van der Waals surface area (Å²) < 4.78 is 5.58. The maximum absolute atomic E-state index is 6.11. The van der Waals surface area contributed by atoms with Gasteiger partial charge in [0.2, 0.25) is 0 Å². The number of piperazine rings is 1. The second-order valence-electron chi connectivity index (χ2n) is 5.78. The molecule has 0 radical (unpaired) electrons. The van der Waals surface area contributed by atoms with Crippen LogP contribution in [-0.2, 0) is 4.74 Å². The lowest BCUT2D eigenvalue weighted by molar-refractivity contribution is 0.117. The second kappa shape index (κ2) is 8.94. The molecule has 2 fully saturated rings. The smallest absolute Gasteiger partial charge is 0.191 e. The molecule has 0 bridgehead atoms. The van der Waals surface area contributed by atoms with E-state index in [-0.39, 0.29) is 30.1 Å². The quantitative estimate of drug-likeness (QED) is 0.437. The van der Waals surface area contributed by atoms with Crippen molar-refractivity contribution in [1.82, 2.24) is 4.90 Å². The molecule has 2 aliphatic rings. The summed E-state index contributed by atoms with van der Waals surface area (Å²) in [4.78, 5) is 9.00. The molecule has 2 saturated heterocycles. The highest BCUT2D eigenvalue weighted by atomic mass is 127. The zero-order valence-corrected chi connectivity index (χ0v) is 16.2. The van der Waals surface area contributed by atoms with Crippen molar-refractivity contribution >= 4 is 47.2 Å². The van der Waals surface area contributed by atoms with Crippen LogP contribution < -0.4 is 10.6 Å². The Bertz CT molecular complexity index is 511. The molecule has 2 aliphatic heterocycles. The minimum absolute atomic E-state index is 0. The lowest BCUT2D eigenvalue weighted by atomic mass is 10.2. The lowest BCUT2D eigenvalue weighted by Gasteiger charge is -2.36. The van der Waals surface area contributed by atoms with Crippen LogP contribution in [0.5, 0.6) is 0 Å². The summed E-state index contributed by atoms with van der Waals surface area (Å²) >= 11 is 5.93. The molecule has 1 atom stereocenters. The zero-order chi connectivity index (χ0) is 15.4. The molecule has 23 heavy (non-hydrogen) atoms. The highest BCUT2D eigenvalue weighted by molar-refractivity contribution is 14.0. The van der Waals surface area contributed by atoms with Crippen LogP contribution in [0, 0.1) is 0 Å². The Morgan fingerprint density at radius 2 is 1.91 bits per heavy atom. The average Bonchev–Trinajstić information content (AvgIpc) is 3.07. The number of benzene rings is 1. The number of hydrogen-bond acceptors (Lipinski definition) is 3. The minimum Gasteiger partial charge on any atom is -0.376 e. The molecular formula is C16H24ClIN4O. The second-order valence-corrected chi connectivity index (χ2v) is 6.22. The van der Waals surface area contributed by atoms with Crippen molar-refractivity contribution in [2.75, 3.05) is 44.2 Å². The van der Waals surface area contributed by atoms with Gasteiger partial charge in [-0.05, 0) is 37.1 Å². The van der Waals surface area contributed by atoms with Crippen LogP contribution >= 0.6 is 35.6 Å². The fourth-order valence-corrected chi connectivity index (χ4v) is 3.06. The first-order valence-electron chi connectivity index (χ1n) is 7.89. The van der Waals surface area contributed by atoms with Gasteiger partial charge in [0.05, 0.1) is 12.6 Å². The monoisotopic (exact) mass is 450 g/mol. The number of nitrogens with zero attached hydrogens (tertiary/aromatic N) is 3. The summed E-state index contributed by atoms with van der Waals surface area (Å²) in [5.41, 5.74) is 7.32. The van der Waals surface area contributed by atoms with Gasteiger partial charge in [0.25, 0.3) is 0 Å². The molecule has 1 unspecified atom stereocenters. The molecule has 5 nitrogen and oxygen atoms in total. The van der Waals surface area contributed by atoms with Gasteiger partial charge in [-0.3, -0.25) is 4.99 Å². The summed E-state index contributed by atoms with van der Waals surface area (Å²) in [5, 5.41) is 0.771. The summed E-state index contributed by atoms with van der Waals surface area (Å²) in [5.74, 6) is 0.645. The molecule has 1 aromatic carbocycles. The Hall–Kier alpha value is -0.730. The van der Waals surface area contributed by atoms with Crippen molar-refractivity contribution in [3.63, 3.8) is 0 Å². The van der Waals surface area contributed by atoms with Crippen molar-refractivity contribution in [2.45, 2.75) is 18.9 Å². The Kier molecular flexibility index (Phi) is 7.23. The standard InChI is InChI=1S/C16H23ClN4O.HI/c17-13-3-5-14(6-4-13)20-7-9-21(10-8-20)16(18)19-12-15-2-1-11-22-15;/h3-6,15H,1-2,7-12H2,(H2,18,19);1H. The van der Waals surface area contributed by atoms with Gasteiger partial charge in [0, 0.05) is 43.5 Å². The summed E-state index contributed by atoms with van der Waals surface area (Å²) in [6, 6.07) is 7.99. The molecule has 0 saturated carbocycles. The number of anilines is 1. The van der Waals surface area contributed by atoms with Crippen LogP contribution in [0.15, 0.2) is 29.3 Å². The van der Waals surface area contributed by atoms with Gasteiger partial charge in [-0.2, -0.15) is 0 Å². The first-order valence-corrected chi connectivity index (χ1v) is 8.27. The van der Waals surface area contributed by atoms with Crippen LogP contribution in [0.25, 0.3) is 0 Å². The number of guanidine groups is 1. The van der Waals surface area contributed by atoms with Crippen molar-refractivity contribution in [3.8, 4) is 0 Å². The molecule has 2 heterocycles. The first-order chi connectivity index (χ1) is 10.7. The number of hydrogen-bond donors (Lipinski definition) is 1. The summed E-state index contributed by atoms with van der Waals surface area (Å²) in [6.07, 6.45) is 2.50. The third kappa shape index (κ3) is 5.12. The molecule has 2 N–H and O–H groups in total. The Morgan fingerprint density at radius 3 is 2.52 bits per heavy atom. The average molecular weight is 451 g/mol. The Morgan fingerprint density at radius 1 is 1.22 bits per heavy atom. The topological polar surface area (TPSA) is 54.1 Å². The molecular weight excluding hydrogens is 427 g/mol. The van der Waals surface area contributed by atoms with Crippen molar-refractivity contribution in [1.29, 1.82) is 0 Å². The highest BCUT2D eigenvalue weighted by Crippen LogP contribution is 2.19. The normalized spacial score (nSPS) is 22.1. The van der Waals surface area contributed by atoms with Gasteiger partial charge >= 0.3 is 0 Å². The predicted molar refractivity (Wildman–Crippen MR) is 106 cm³/mol. The van der Waals surface area contributed by atoms with Gasteiger partial charge in [0.15, 0.2) is 5.96 Å². The van der Waals surface area contributed by atoms with Crippen LogP contribution in [0.3, 0.4) is 0 Å². The van der Waals surface area contributed by atoms with Crippen LogP contribution in [-0.4, -0.2) is 56.3 Å². The third-order valence-corrected chi connectivity index (χ3v) is 4.53. The van der Waals surface area contributed by atoms with E-state index in [0.717, 1.165) is 50.7 Å². The van der Waals surface area contributed by atoms with Gasteiger partial charge in [-0.25, -0.2) is 0 Å². The van der Waals surface area contributed by atoms with Gasteiger partial charge in [-0.1, -0.05) is 11.6 Å². The molecule has 128 valence electrons. The third-order valence-electron chi connectivity index (χ3n) is 4.28. The van der Waals surface area contributed by atoms with E-state index in [1.807, 2.05) is 12.1 Å². The van der Waals surface area contributed by atoms with Crippen LogP contribution in [0.1, 0.15) is 12.8 Å². The largest absolute Gasteiger partial charge is 0.376 e. The highest BCUT2D eigenvalue weighted by Gasteiger charge is 2.20. The molecule has 1 aromatic rings. The Balaban J connectivity index is 0.00000192. The molecule has 0 aliphatic carbocycles. The molecule has 0 spiro atoms. The zero-order valence-electron chi connectivity index (χ0n) is 13.2. The summed E-state index contributed by atoms with van der Waals surface area (Å²) in [6.45, 7) is 5.21. The maximum atomic E-state index is 6.11. The van der Waals surface area contributed by atoms with E-state index in [9.17, 15) is 0 Å². The van der Waals surface area contributed by atoms with E-state index in [0.29, 0.717) is 12.5 Å². The molecule has 0 amide bonds. The molecule has 3 rings (SSSR count). The lowest BCUT2D eigenvalue weighted by Crippen LogP contribution is -2.51. The van der Waals surface area contributed by atoms with Crippen LogP contribution in [0.4, 0.5) is 5.69 Å². The van der Waals surface area contributed by atoms with Gasteiger partial charge < -0.3 is 20.3 Å². The van der Waals surface area contributed by atoms with E-state index in [2.05, 4.69) is 26.9 Å². The number of ether oxygens (including phenoxy) is 1. The van der Waals surface area contributed by atoms with Crippen LogP contribution in [0.2, 0.25) is 5.02 Å². The van der Waals surface area contributed by atoms with Crippen molar-refractivity contribution in [2.24, 2.45) is 10.7 Å². The SMILES string of the molecule is I.NC(=NCC1CCCO1)N1CCN(c2ccc(Cl)cc2)CC1. The first kappa shape index (κ1) is 18.6. The number of halogens is 2. The van der Waals surface area contributed by atoms with Gasteiger partial charge in [-0.15, -0.1) is 24.0 Å². The van der Waals surface area contributed by atoms with E-state index in [4.69, 9.17) is 22.1 Å². The summed E-state index contributed by atoms with van der Waals surface area (Å²) in [7, 11) is 0. The number of aliphatic imine (C=N–C) groups is 1. The minimum atomic E-state index is 0. The number of rotatable bonds is 3. The van der Waals surface area contributed by atoms with E-state index in [1.54, 1.807) is 0 Å². The van der Waals surface area contributed by atoms with E-state index >= 15 is 0 Å². The van der Waals surface area contributed by atoms with E-state index in [1.165, 1.54) is 5.69 Å². The van der Waals surface area contributed by atoms with Gasteiger partial charge in [0.1, 0.15) is 0 Å². The Labute approximate surface area is 159 Å². The molecule has 0 aromatic heterocycles. The fourth-order valence-electron chi connectivity index (χ4n) is 2.93.